The molecule has 1 fully saturated rings. The van der Waals surface area contributed by atoms with Crippen molar-refractivity contribution in [3.63, 3.8) is 0 Å². The minimum absolute atomic E-state index is 0.158. The van der Waals surface area contributed by atoms with E-state index < -0.39 is 0 Å². The van der Waals surface area contributed by atoms with Gasteiger partial charge in [-0.3, -0.25) is 4.79 Å². The summed E-state index contributed by atoms with van der Waals surface area (Å²) in [5, 5.41) is 12.1. The molecule has 0 aromatic heterocycles. The van der Waals surface area contributed by atoms with E-state index in [0.717, 1.165) is 19.5 Å². The maximum atomic E-state index is 11.8. The molecule has 1 saturated heterocycles. The van der Waals surface area contributed by atoms with Gasteiger partial charge in [0.25, 0.3) is 0 Å². The number of carbonyl (C=O) groups excluding carboxylic acids is 1. The molecule has 1 heterocycles. The zero-order valence-corrected chi connectivity index (χ0v) is 9.54. The number of rotatable bonds is 6. The summed E-state index contributed by atoms with van der Waals surface area (Å²) in [6.45, 7) is 4.60. The van der Waals surface area contributed by atoms with Crippen LogP contribution in [0, 0.1) is 0 Å². The Morgan fingerprint density at radius 3 is 2.93 bits per heavy atom. The highest BCUT2D eigenvalue weighted by molar-refractivity contribution is 5.76. The first kappa shape index (κ1) is 12.5. The molecule has 0 radical (unpaired) electrons. The molecule has 15 heavy (non-hydrogen) atoms. The molecule has 1 aliphatic rings. The van der Waals surface area contributed by atoms with Crippen LogP contribution in [0.15, 0.2) is 0 Å². The first-order valence-electron chi connectivity index (χ1n) is 5.90. The fourth-order valence-electron chi connectivity index (χ4n) is 1.99. The van der Waals surface area contributed by atoms with Crippen LogP contribution in [-0.2, 0) is 4.79 Å². The molecule has 0 spiro atoms. The molecule has 0 bridgehead atoms. The highest BCUT2D eigenvalue weighted by Gasteiger charge is 2.20. The van der Waals surface area contributed by atoms with E-state index in [1.165, 1.54) is 6.42 Å². The van der Waals surface area contributed by atoms with Crippen LogP contribution in [0.3, 0.4) is 0 Å². The van der Waals surface area contributed by atoms with Gasteiger partial charge in [-0.05, 0) is 32.7 Å². The summed E-state index contributed by atoms with van der Waals surface area (Å²) < 4.78 is 0. The molecule has 4 heteroatoms. The number of nitrogens with one attached hydrogen (secondary N) is 1. The first-order chi connectivity index (χ1) is 7.27. The van der Waals surface area contributed by atoms with Gasteiger partial charge >= 0.3 is 0 Å². The summed E-state index contributed by atoms with van der Waals surface area (Å²) in [5.41, 5.74) is 0. The average Bonchev–Trinajstić information content (AvgIpc) is 2.71. The Hall–Kier alpha value is -0.610. The largest absolute Gasteiger partial charge is 0.396 e. The SMILES string of the molecule is CCN(CCCO)C(=O)CC1CCCN1. The first-order valence-corrected chi connectivity index (χ1v) is 5.90. The van der Waals surface area contributed by atoms with Crippen LogP contribution in [0.1, 0.15) is 32.6 Å². The van der Waals surface area contributed by atoms with Gasteiger partial charge in [0.05, 0.1) is 0 Å². The molecule has 0 aromatic carbocycles. The van der Waals surface area contributed by atoms with E-state index in [2.05, 4.69) is 5.32 Å². The lowest BCUT2D eigenvalue weighted by atomic mass is 10.1. The van der Waals surface area contributed by atoms with Crippen molar-refractivity contribution < 1.29 is 9.90 Å². The van der Waals surface area contributed by atoms with Crippen LogP contribution in [-0.4, -0.2) is 48.2 Å². The third-order valence-corrected chi connectivity index (χ3v) is 2.90. The molecule has 1 unspecified atom stereocenters. The van der Waals surface area contributed by atoms with Crippen molar-refractivity contribution in [2.45, 2.75) is 38.6 Å². The van der Waals surface area contributed by atoms with Crippen molar-refractivity contribution in [2.75, 3.05) is 26.2 Å². The molecule has 1 rings (SSSR count). The third kappa shape index (κ3) is 4.18. The number of aliphatic hydroxyl groups excluding tert-OH is 1. The Bertz CT molecular complexity index is 191. The minimum atomic E-state index is 0.158. The van der Waals surface area contributed by atoms with Crippen LogP contribution in [0.2, 0.25) is 0 Å². The van der Waals surface area contributed by atoms with Gasteiger partial charge in [-0.25, -0.2) is 0 Å². The number of amides is 1. The van der Waals surface area contributed by atoms with Gasteiger partial charge in [-0.2, -0.15) is 0 Å². The number of carbonyl (C=O) groups is 1. The molecule has 1 amide bonds. The summed E-state index contributed by atoms with van der Waals surface area (Å²) in [7, 11) is 0. The molecule has 1 aliphatic heterocycles. The second kappa shape index (κ2) is 6.80. The normalized spacial score (nSPS) is 20.5. The monoisotopic (exact) mass is 214 g/mol. The van der Waals surface area contributed by atoms with Gasteiger partial charge in [-0.15, -0.1) is 0 Å². The molecule has 2 N–H and O–H groups in total. The highest BCUT2D eigenvalue weighted by Crippen LogP contribution is 2.10. The lowest BCUT2D eigenvalue weighted by Gasteiger charge is -2.22. The van der Waals surface area contributed by atoms with Crippen molar-refractivity contribution in [1.29, 1.82) is 0 Å². The third-order valence-electron chi connectivity index (χ3n) is 2.90. The Balaban J connectivity index is 2.28. The van der Waals surface area contributed by atoms with E-state index in [-0.39, 0.29) is 12.5 Å². The minimum Gasteiger partial charge on any atom is -0.396 e. The van der Waals surface area contributed by atoms with Crippen molar-refractivity contribution in [2.24, 2.45) is 0 Å². The predicted molar refractivity (Wildman–Crippen MR) is 59.6 cm³/mol. The summed E-state index contributed by atoms with van der Waals surface area (Å²) >= 11 is 0. The Morgan fingerprint density at radius 2 is 2.40 bits per heavy atom. The molecule has 4 nitrogen and oxygen atoms in total. The van der Waals surface area contributed by atoms with E-state index in [4.69, 9.17) is 5.11 Å². The summed E-state index contributed by atoms with van der Waals surface area (Å²) in [4.78, 5) is 13.7. The number of hydrogen-bond donors (Lipinski definition) is 2. The van der Waals surface area contributed by atoms with Crippen molar-refractivity contribution in [1.82, 2.24) is 10.2 Å². The van der Waals surface area contributed by atoms with Crippen molar-refractivity contribution in [3.8, 4) is 0 Å². The maximum Gasteiger partial charge on any atom is 0.224 e. The standard InChI is InChI=1S/C11H22N2O2/c1-2-13(7-4-8-14)11(15)9-10-5-3-6-12-10/h10,12,14H,2-9H2,1H3. The van der Waals surface area contributed by atoms with Gasteiger partial charge in [0.1, 0.15) is 0 Å². The van der Waals surface area contributed by atoms with Gasteiger partial charge < -0.3 is 15.3 Å². The Kier molecular flexibility index (Phi) is 5.65. The zero-order chi connectivity index (χ0) is 11.1. The topological polar surface area (TPSA) is 52.6 Å². The fourth-order valence-corrected chi connectivity index (χ4v) is 1.99. The Morgan fingerprint density at radius 1 is 1.60 bits per heavy atom. The van der Waals surface area contributed by atoms with E-state index in [1.807, 2.05) is 11.8 Å². The molecule has 0 saturated carbocycles. The van der Waals surface area contributed by atoms with Crippen LogP contribution < -0.4 is 5.32 Å². The number of nitrogens with zero attached hydrogens (tertiary/aromatic N) is 1. The van der Waals surface area contributed by atoms with Gasteiger partial charge in [0, 0.05) is 32.2 Å². The van der Waals surface area contributed by atoms with Gasteiger partial charge in [0.2, 0.25) is 5.91 Å². The molecular weight excluding hydrogens is 192 g/mol. The summed E-state index contributed by atoms with van der Waals surface area (Å²) in [5.74, 6) is 0.213. The van der Waals surface area contributed by atoms with E-state index in [1.54, 1.807) is 0 Å². The van der Waals surface area contributed by atoms with E-state index in [9.17, 15) is 4.79 Å². The molecular formula is C11H22N2O2. The Labute approximate surface area is 91.6 Å². The van der Waals surface area contributed by atoms with Crippen molar-refractivity contribution in [3.05, 3.63) is 0 Å². The molecule has 88 valence electrons. The van der Waals surface area contributed by atoms with Crippen LogP contribution in [0.25, 0.3) is 0 Å². The predicted octanol–water partition coefficient (Wildman–Crippen LogP) is 0.359. The van der Waals surface area contributed by atoms with Crippen LogP contribution >= 0.6 is 0 Å². The van der Waals surface area contributed by atoms with Crippen LogP contribution in [0.5, 0.6) is 0 Å². The van der Waals surface area contributed by atoms with Gasteiger partial charge in [0.15, 0.2) is 0 Å². The number of aliphatic hydroxyl groups is 1. The average molecular weight is 214 g/mol. The summed E-state index contributed by atoms with van der Waals surface area (Å²) in [6.07, 6.45) is 3.58. The molecule has 0 aliphatic carbocycles. The highest BCUT2D eigenvalue weighted by atomic mass is 16.3. The van der Waals surface area contributed by atoms with Crippen LogP contribution in [0.4, 0.5) is 0 Å². The molecule has 1 atom stereocenters. The lowest BCUT2D eigenvalue weighted by molar-refractivity contribution is -0.131. The fraction of sp³-hybridized carbons (Fsp3) is 0.909. The maximum absolute atomic E-state index is 11.8. The lowest BCUT2D eigenvalue weighted by Crippen LogP contribution is -2.36. The summed E-state index contributed by atoms with van der Waals surface area (Å²) in [6, 6.07) is 0.376. The second-order valence-corrected chi connectivity index (χ2v) is 4.05. The van der Waals surface area contributed by atoms with Crippen molar-refractivity contribution >= 4 is 5.91 Å². The number of hydrogen-bond acceptors (Lipinski definition) is 3. The van der Waals surface area contributed by atoms with E-state index in [0.29, 0.717) is 25.4 Å². The zero-order valence-electron chi connectivity index (χ0n) is 9.54. The molecule has 0 aromatic rings. The quantitative estimate of drug-likeness (QED) is 0.671. The van der Waals surface area contributed by atoms with E-state index >= 15 is 0 Å². The second-order valence-electron chi connectivity index (χ2n) is 4.05. The smallest absolute Gasteiger partial charge is 0.224 e. The van der Waals surface area contributed by atoms with Gasteiger partial charge in [-0.1, -0.05) is 0 Å².